The van der Waals surface area contributed by atoms with Gasteiger partial charge in [-0.3, -0.25) is 4.68 Å². The van der Waals surface area contributed by atoms with Crippen molar-refractivity contribution in [1.29, 1.82) is 0 Å². The summed E-state index contributed by atoms with van der Waals surface area (Å²) in [4.78, 5) is 15.4. The molecular weight excluding hydrogens is 320 g/mol. The number of rotatable bonds is 6. The van der Waals surface area contributed by atoms with E-state index in [4.69, 9.17) is 0 Å². The molecule has 0 aliphatic rings. The maximum Gasteiger partial charge on any atom is 0.337 e. The van der Waals surface area contributed by atoms with Crippen molar-refractivity contribution in [2.45, 2.75) is 31.3 Å². The second kappa shape index (κ2) is 6.88. The van der Waals surface area contributed by atoms with Crippen LogP contribution in [0, 0.1) is 6.92 Å². The Bertz CT molecular complexity index is 787. The van der Waals surface area contributed by atoms with Gasteiger partial charge in [-0.15, -0.1) is 0 Å². The summed E-state index contributed by atoms with van der Waals surface area (Å²) in [6.07, 6.45) is 2.90. The number of hydrogen-bond donors (Lipinski definition) is 1. The van der Waals surface area contributed by atoms with Gasteiger partial charge in [0, 0.05) is 6.04 Å². The molecule has 0 radical (unpaired) electrons. The van der Waals surface area contributed by atoms with E-state index in [2.05, 4.69) is 19.5 Å². The molecule has 1 aromatic heterocycles. The third-order valence-corrected chi connectivity index (χ3v) is 4.92. The number of aromatic nitrogens is 3. The van der Waals surface area contributed by atoms with Crippen molar-refractivity contribution in [3.8, 4) is 0 Å². The number of benzene rings is 1. The summed E-state index contributed by atoms with van der Waals surface area (Å²) in [5.41, 5.74) is 0.771. The van der Waals surface area contributed by atoms with Crippen LogP contribution in [0.2, 0.25) is 0 Å². The first-order chi connectivity index (χ1) is 10.8. The minimum atomic E-state index is -3.71. The number of esters is 1. The van der Waals surface area contributed by atoms with Gasteiger partial charge in [0.05, 0.1) is 24.1 Å². The molecule has 23 heavy (non-hydrogen) atoms. The fourth-order valence-corrected chi connectivity index (χ4v) is 3.63. The number of aryl methyl sites for hydroxylation is 1. The number of carbonyl (C=O) groups excluding carboxylic acids is 1. The lowest BCUT2D eigenvalue weighted by molar-refractivity contribution is 0.0600. The minimum absolute atomic E-state index is 0.121. The van der Waals surface area contributed by atoms with E-state index in [0.717, 1.165) is 0 Å². The normalized spacial score (nSPS) is 12.8. The Morgan fingerprint density at radius 1 is 1.43 bits per heavy atom. The summed E-state index contributed by atoms with van der Waals surface area (Å²) in [5.74, 6) is -0.510. The van der Waals surface area contributed by atoms with Gasteiger partial charge in [0.1, 0.15) is 12.7 Å². The molecule has 0 saturated carbocycles. The van der Waals surface area contributed by atoms with Gasteiger partial charge in [0.2, 0.25) is 10.0 Å². The molecular formula is C14H18N4O4S. The van der Waals surface area contributed by atoms with Gasteiger partial charge >= 0.3 is 5.97 Å². The molecule has 8 nitrogen and oxygen atoms in total. The number of hydrogen-bond acceptors (Lipinski definition) is 6. The van der Waals surface area contributed by atoms with E-state index in [1.165, 1.54) is 38.0 Å². The van der Waals surface area contributed by atoms with E-state index in [-0.39, 0.29) is 10.9 Å². The zero-order valence-electron chi connectivity index (χ0n) is 13.1. The number of methoxy groups -OCH3 is 1. The van der Waals surface area contributed by atoms with E-state index < -0.39 is 16.0 Å². The molecule has 1 atom stereocenters. The molecule has 1 aromatic carbocycles. The number of nitrogens with zero attached hydrogens (tertiary/aromatic N) is 3. The number of nitrogens with one attached hydrogen (secondary N) is 1. The van der Waals surface area contributed by atoms with Crippen LogP contribution in [0.15, 0.2) is 35.7 Å². The standard InChI is InChI=1S/C14H18N4O4S/c1-10-6-12(14(19)22-3)4-5-13(10)23(20,21)17-11(2)7-18-9-15-8-16-18/h4-6,8-9,11,17H,7H2,1-3H3. The lowest BCUT2D eigenvalue weighted by Crippen LogP contribution is -2.36. The molecule has 1 unspecified atom stereocenters. The first-order valence-electron chi connectivity index (χ1n) is 6.87. The second-order valence-corrected chi connectivity index (χ2v) is 6.79. The van der Waals surface area contributed by atoms with Crippen molar-refractivity contribution in [3.63, 3.8) is 0 Å². The molecule has 0 saturated heterocycles. The Balaban J connectivity index is 2.17. The molecule has 124 valence electrons. The highest BCUT2D eigenvalue weighted by molar-refractivity contribution is 7.89. The zero-order chi connectivity index (χ0) is 17.0. The fraction of sp³-hybridized carbons (Fsp3) is 0.357. The van der Waals surface area contributed by atoms with Crippen LogP contribution >= 0.6 is 0 Å². The smallest absolute Gasteiger partial charge is 0.337 e. The van der Waals surface area contributed by atoms with Crippen molar-refractivity contribution >= 4 is 16.0 Å². The Morgan fingerprint density at radius 2 is 2.17 bits per heavy atom. The zero-order valence-corrected chi connectivity index (χ0v) is 13.9. The van der Waals surface area contributed by atoms with Crippen molar-refractivity contribution in [1.82, 2.24) is 19.5 Å². The van der Waals surface area contributed by atoms with Crippen LogP contribution in [0.4, 0.5) is 0 Å². The molecule has 0 spiro atoms. The summed E-state index contributed by atoms with van der Waals surface area (Å²) in [6, 6.07) is 3.94. The maximum atomic E-state index is 12.5. The van der Waals surface area contributed by atoms with Gasteiger partial charge in [-0.1, -0.05) is 0 Å². The van der Waals surface area contributed by atoms with E-state index >= 15 is 0 Å². The van der Waals surface area contributed by atoms with Crippen LogP contribution in [0.3, 0.4) is 0 Å². The van der Waals surface area contributed by atoms with Crippen LogP contribution < -0.4 is 4.72 Å². The Morgan fingerprint density at radius 3 is 2.74 bits per heavy atom. The molecule has 0 fully saturated rings. The van der Waals surface area contributed by atoms with Crippen molar-refractivity contribution < 1.29 is 17.9 Å². The predicted octanol–water partition coefficient (Wildman–Crippen LogP) is 0.740. The molecule has 9 heteroatoms. The molecule has 0 bridgehead atoms. The lowest BCUT2D eigenvalue weighted by Gasteiger charge is -2.15. The predicted molar refractivity (Wildman–Crippen MR) is 82.3 cm³/mol. The lowest BCUT2D eigenvalue weighted by atomic mass is 10.1. The Labute approximate surface area is 134 Å². The number of sulfonamides is 1. The van der Waals surface area contributed by atoms with Crippen molar-refractivity contribution in [2.75, 3.05) is 7.11 Å². The van der Waals surface area contributed by atoms with Gasteiger partial charge in [-0.25, -0.2) is 22.9 Å². The average molecular weight is 338 g/mol. The van der Waals surface area contributed by atoms with E-state index in [1.807, 2.05) is 0 Å². The SMILES string of the molecule is COC(=O)c1ccc(S(=O)(=O)NC(C)Cn2cncn2)c(C)c1. The summed E-state index contributed by atoms with van der Waals surface area (Å²) < 4.78 is 33.7. The van der Waals surface area contributed by atoms with Gasteiger partial charge in [-0.05, 0) is 37.6 Å². The van der Waals surface area contributed by atoms with Crippen molar-refractivity contribution in [3.05, 3.63) is 42.0 Å². The molecule has 1 heterocycles. The van der Waals surface area contributed by atoms with E-state index in [9.17, 15) is 13.2 Å². The highest BCUT2D eigenvalue weighted by atomic mass is 32.2. The molecule has 0 amide bonds. The van der Waals surface area contributed by atoms with Crippen LogP contribution in [-0.4, -0.2) is 42.3 Å². The van der Waals surface area contributed by atoms with Gasteiger partial charge < -0.3 is 4.74 Å². The quantitative estimate of drug-likeness (QED) is 0.779. The van der Waals surface area contributed by atoms with Crippen LogP contribution in [0.5, 0.6) is 0 Å². The monoisotopic (exact) mass is 338 g/mol. The van der Waals surface area contributed by atoms with Crippen LogP contribution in [0.25, 0.3) is 0 Å². The van der Waals surface area contributed by atoms with Gasteiger partial charge in [-0.2, -0.15) is 5.10 Å². The fourth-order valence-electron chi connectivity index (χ4n) is 2.17. The minimum Gasteiger partial charge on any atom is -0.465 e. The molecule has 0 aliphatic heterocycles. The highest BCUT2D eigenvalue weighted by Gasteiger charge is 2.21. The molecule has 0 aliphatic carbocycles. The van der Waals surface area contributed by atoms with Gasteiger partial charge in [0.15, 0.2) is 0 Å². The summed E-state index contributed by atoms with van der Waals surface area (Å²) >= 11 is 0. The summed E-state index contributed by atoms with van der Waals surface area (Å²) in [5, 5.41) is 3.94. The molecule has 2 rings (SSSR count). The first-order valence-corrected chi connectivity index (χ1v) is 8.35. The third-order valence-electron chi connectivity index (χ3n) is 3.17. The summed E-state index contributed by atoms with van der Waals surface area (Å²) in [6.45, 7) is 3.72. The Kier molecular flexibility index (Phi) is 5.12. The van der Waals surface area contributed by atoms with E-state index in [1.54, 1.807) is 18.5 Å². The van der Waals surface area contributed by atoms with Crippen LogP contribution in [-0.2, 0) is 21.3 Å². The Hall–Kier alpha value is -2.26. The topological polar surface area (TPSA) is 103 Å². The molecule has 2 aromatic rings. The average Bonchev–Trinajstić information content (AvgIpc) is 2.98. The largest absolute Gasteiger partial charge is 0.465 e. The molecule has 1 N–H and O–H groups in total. The first kappa shape index (κ1) is 17.1. The third kappa shape index (κ3) is 4.14. The van der Waals surface area contributed by atoms with Crippen LogP contribution in [0.1, 0.15) is 22.8 Å². The highest BCUT2D eigenvalue weighted by Crippen LogP contribution is 2.17. The van der Waals surface area contributed by atoms with Gasteiger partial charge in [0.25, 0.3) is 0 Å². The van der Waals surface area contributed by atoms with Crippen molar-refractivity contribution in [2.24, 2.45) is 0 Å². The number of ether oxygens (including phenoxy) is 1. The van der Waals surface area contributed by atoms with E-state index in [0.29, 0.717) is 17.7 Å². The summed E-state index contributed by atoms with van der Waals surface area (Å²) in [7, 11) is -2.43. The maximum absolute atomic E-state index is 12.5. The number of carbonyl (C=O) groups is 1. The second-order valence-electron chi connectivity index (χ2n) is 5.11.